The highest BCUT2D eigenvalue weighted by molar-refractivity contribution is 9.10. The van der Waals surface area contributed by atoms with Gasteiger partial charge in [-0.3, -0.25) is 0 Å². The van der Waals surface area contributed by atoms with Crippen LogP contribution in [-0.4, -0.2) is 9.97 Å². The summed E-state index contributed by atoms with van der Waals surface area (Å²) in [7, 11) is 0. The molecule has 88 valence electrons. The van der Waals surface area contributed by atoms with E-state index >= 15 is 0 Å². The van der Waals surface area contributed by atoms with Crippen molar-refractivity contribution in [1.82, 2.24) is 9.97 Å². The second kappa shape index (κ2) is 5.21. The number of ether oxygens (including phenoxy) is 1. The van der Waals surface area contributed by atoms with E-state index in [0.717, 1.165) is 0 Å². The fourth-order valence-corrected chi connectivity index (χ4v) is 2.00. The molecule has 1 aromatic carbocycles. The molecule has 1 aromatic heterocycles. The monoisotopic (exact) mass is 332 g/mol. The standard InChI is InChI=1S/C11H7BrCl2N2O/c1-6-15-10(12)5-11(16-6)17-9-4-7(13)2-3-8(9)14/h2-5H,1H3. The molecule has 0 fully saturated rings. The number of benzene rings is 1. The van der Waals surface area contributed by atoms with Crippen LogP contribution in [-0.2, 0) is 0 Å². The van der Waals surface area contributed by atoms with Crippen molar-refractivity contribution in [2.75, 3.05) is 0 Å². The van der Waals surface area contributed by atoms with Gasteiger partial charge in [0.2, 0.25) is 5.88 Å². The number of aryl methyl sites for hydroxylation is 1. The summed E-state index contributed by atoms with van der Waals surface area (Å²) in [6, 6.07) is 6.65. The largest absolute Gasteiger partial charge is 0.437 e. The van der Waals surface area contributed by atoms with Crippen molar-refractivity contribution in [3.63, 3.8) is 0 Å². The minimum absolute atomic E-state index is 0.411. The zero-order valence-electron chi connectivity index (χ0n) is 8.75. The smallest absolute Gasteiger partial charge is 0.223 e. The summed E-state index contributed by atoms with van der Waals surface area (Å²) in [4.78, 5) is 8.22. The van der Waals surface area contributed by atoms with Crippen molar-refractivity contribution in [2.45, 2.75) is 6.92 Å². The molecule has 0 aliphatic carbocycles. The maximum absolute atomic E-state index is 5.99. The van der Waals surface area contributed by atoms with Gasteiger partial charge in [-0.1, -0.05) is 23.2 Å². The summed E-state index contributed by atoms with van der Waals surface area (Å²) in [6.07, 6.45) is 0. The van der Waals surface area contributed by atoms with Crippen LogP contribution in [0.3, 0.4) is 0 Å². The van der Waals surface area contributed by atoms with Crippen LogP contribution in [0.4, 0.5) is 0 Å². The highest BCUT2D eigenvalue weighted by atomic mass is 79.9. The maximum Gasteiger partial charge on any atom is 0.223 e. The lowest BCUT2D eigenvalue weighted by Gasteiger charge is -2.07. The highest BCUT2D eigenvalue weighted by Gasteiger charge is 2.07. The molecule has 1 heterocycles. The van der Waals surface area contributed by atoms with Crippen LogP contribution in [0.25, 0.3) is 0 Å². The number of hydrogen-bond acceptors (Lipinski definition) is 3. The molecular formula is C11H7BrCl2N2O. The van der Waals surface area contributed by atoms with Gasteiger partial charge in [-0.05, 0) is 35.0 Å². The summed E-state index contributed by atoms with van der Waals surface area (Å²) in [5.41, 5.74) is 0. The molecule has 0 radical (unpaired) electrons. The lowest BCUT2D eigenvalue weighted by atomic mass is 10.3. The fraction of sp³-hybridized carbons (Fsp3) is 0.0909. The van der Waals surface area contributed by atoms with Crippen LogP contribution >= 0.6 is 39.1 Å². The Morgan fingerprint density at radius 1 is 1.18 bits per heavy atom. The first-order valence-corrected chi connectivity index (χ1v) is 6.23. The first-order valence-electron chi connectivity index (χ1n) is 4.69. The first-order chi connectivity index (χ1) is 8.04. The molecule has 0 unspecified atom stereocenters. The van der Waals surface area contributed by atoms with E-state index in [0.29, 0.717) is 32.1 Å². The average Bonchev–Trinajstić information content (AvgIpc) is 2.22. The summed E-state index contributed by atoms with van der Waals surface area (Å²) in [5.74, 6) is 1.48. The molecule has 0 atom stereocenters. The number of rotatable bonds is 2. The number of nitrogens with zero attached hydrogens (tertiary/aromatic N) is 2. The molecule has 3 nitrogen and oxygen atoms in total. The third-order valence-corrected chi connectivity index (χ3v) is 2.84. The van der Waals surface area contributed by atoms with Crippen molar-refractivity contribution in [3.05, 3.63) is 44.7 Å². The zero-order valence-corrected chi connectivity index (χ0v) is 11.8. The van der Waals surface area contributed by atoms with Crippen molar-refractivity contribution >= 4 is 39.1 Å². The number of hydrogen-bond donors (Lipinski definition) is 0. The highest BCUT2D eigenvalue weighted by Crippen LogP contribution is 2.31. The van der Waals surface area contributed by atoms with E-state index in [2.05, 4.69) is 25.9 Å². The Morgan fingerprint density at radius 2 is 1.94 bits per heavy atom. The van der Waals surface area contributed by atoms with E-state index in [1.54, 1.807) is 31.2 Å². The van der Waals surface area contributed by atoms with Gasteiger partial charge < -0.3 is 4.74 Å². The SMILES string of the molecule is Cc1nc(Br)cc(Oc2cc(Cl)ccc2Cl)n1. The van der Waals surface area contributed by atoms with E-state index in [1.165, 1.54) is 0 Å². The lowest BCUT2D eigenvalue weighted by molar-refractivity contribution is 0.459. The Morgan fingerprint density at radius 3 is 2.65 bits per heavy atom. The predicted octanol–water partition coefficient (Wildman–Crippen LogP) is 4.65. The van der Waals surface area contributed by atoms with Gasteiger partial charge in [0.15, 0.2) is 0 Å². The van der Waals surface area contributed by atoms with Gasteiger partial charge >= 0.3 is 0 Å². The summed E-state index contributed by atoms with van der Waals surface area (Å²) < 4.78 is 6.21. The summed E-state index contributed by atoms with van der Waals surface area (Å²) >= 11 is 15.1. The quantitative estimate of drug-likeness (QED) is 0.750. The average molecular weight is 334 g/mol. The van der Waals surface area contributed by atoms with Crippen molar-refractivity contribution in [3.8, 4) is 11.6 Å². The Balaban J connectivity index is 2.34. The molecule has 0 bridgehead atoms. The van der Waals surface area contributed by atoms with Gasteiger partial charge in [0.1, 0.15) is 16.2 Å². The van der Waals surface area contributed by atoms with Crippen LogP contribution in [0.2, 0.25) is 10.0 Å². The molecule has 17 heavy (non-hydrogen) atoms. The van der Waals surface area contributed by atoms with Crippen LogP contribution in [0.1, 0.15) is 5.82 Å². The second-order valence-electron chi connectivity index (χ2n) is 3.25. The molecule has 2 aromatic rings. The van der Waals surface area contributed by atoms with Crippen LogP contribution < -0.4 is 4.74 Å². The van der Waals surface area contributed by atoms with Gasteiger partial charge in [0.05, 0.1) is 5.02 Å². The summed E-state index contributed by atoms with van der Waals surface area (Å²) in [6.45, 7) is 1.77. The molecular weight excluding hydrogens is 327 g/mol. The van der Waals surface area contributed by atoms with Crippen molar-refractivity contribution in [2.24, 2.45) is 0 Å². The lowest BCUT2D eigenvalue weighted by Crippen LogP contribution is -1.93. The van der Waals surface area contributed by atoms with Gasteiger partial charge in [-0.2, -0.15) is 4.98 Å². The van der Waals surface area contributed by atoms with Gasteiger partial charge in [0, 0.05) is 17.2 Å². The molecule has 0 amide bonds. The minimum Gasteiger partial charge on any atom is -0.437 e. The maximum atomic E-state index is 5.99. The molecule has 0 aliphatic rings. The van der Waals surface area contributed by atoms with Crippen molar-refractivity contribution < 1.29 is 4.74 Å². The van der Waals surface area contributed by atoms with Gasteiger partial charge in [-0.25, -0.2) is 4.98 Å². The molecule has 0 saturated carbocycles. The predicted molar refractivity (Wildman–Crippen MR) is 71.0 cm³/mol. The Bertz CT molecular complexity index is 543. The van der Waals surface area contributed by atoms with E-state index in [9.17, 15) is 0 Å². The molecule has 0 aliphatic heterocycles. The number of halogens is 3. The molecule has 6 heteroatoms. The Labute approximate surface area is 117 Å². The first kappa shape index (κ1) is 12.6. The topological polar surface area (TPSA) is 35.0 Å². The van der Waals surface area contributed by atoms with E-state index in [1.807, 2.05) is 0 Å². The molecule has 0 N–H and O–H groups in total. The van der Waals surface area contributed by atoms with Gasteiger partial charge in [0.25, 0.3) is 0 Å². The number of aromatic nitrogens is 2. The third-order valence-electron chi connectivity index (χ3n) is 1.89. The second-order valence-corrected chi connectivity index (χ2v) is 4.91. The van der Waals surface area contributed by atoms with E-state index in [4.69, 9.17) is 27.9 Å². The van der Waals surface area contributed by atoms with E-state index < -0.39 is 0 Å². The zero-order chi connectivity index (χ0) is 12.4. The Hall–Kier alpha value is -0.840. The Kier molecular flexibility index (Phi) is 3.86. The molecule has 0 spiro atoms. The normalized spacial score (nSPS) is 10.4. The fourth-order valence-electron chi connectivity index (χ4n) is 1.23. The molecule has 0 saturated heterocycles. The minimum atomic E-state index is 0.411. The van der Waals surface area contributed by atoms with Crippen LogP contribution in [0.15, 0.2) is 28.9 Å². The van der Waals surface area contributed by atoms with Gasteiger partial charge in [-0.15, -0.1) is 0 Å². The van der Waals surface area contributed by atoms with Crippen LogP contribution in [0.5, 0.6) is 11.6 Å². The van der Waals surface area contributed by atoms with Crippen LogP contribution in [0, 0.1) is 6.92 Å². The third kappa shape index (κ3) is 3.31. The van der Waals surface area contributed by atoms with E-state index in [-0.39, 0.29) is 0 Å². The molecule has 2 rings (SSSR count). The summed E-state index contributed by atoms with van der Waals surface area (Å²) in [5, 5.41) is 1.02. The van der Waals surface area contributed by atoms with Crippen molar-refractivity contribution in [1.29, 1.82) is 0 Å².